The fraction of sp³-hybridized carbons (Fsp3) is 0. The molecule has 2 nitrogen and oxygen atoms in total. The Morgan fingerprint density at radius 3 is 2.33 bits per heavy atom. The fourth-order valence-electron chi connectivity index (χ4n) is 0.979. The molecule has 0 aliphatic heterocycles. The van der Waals surface area contributed by atoms with E-state index >= 15 is 0 Å². The van der Waals surface area contributed by atoms with Gasteiger partial charge in [0.15, 0.2) is 5.16 Å². The Bertz CT molecular complexity index is 459. The molecule has 1 aromatic carbocycles. The number of benzene rings is 1. The Balaban J connectivity index is 2.22. The summed E-state index contributed by atoms with van der Waals surface area (Å²) in [4.78, 5) is 9.51. The molecule has 0 aliphatic rings. The second kappa shape index (κ2) is 5.09. The summed E-state index contributed by atoms with van der Waals surface area (Å²) >= 11 is 8.32. The molecular weight excluding hydrogens is 340 g/mol. The lowest BCUT2D eigenvalue weighted by atomic mass is 10.4. The molecule has 2 aromatic rings. The highest BCUT2D eigenvalue weighted by molar-refractivity contribution is 9.10. The predicted molar refractivity (Wildman–Crippen MR) is 68.0 cm³/mol. The summed E-state index contributed by atoms with van der Waals surface area (Å²) in [6.45, 7) is 0. The smallest absolute Gasteiger partial charge is 0.192 e. The molecule has 0 radical (unpaired) electrons. The van der Waals surface area contributed by atoms with Crippen molar-refractivity contribution in [3.8, 4) is 0 Å². The second-order valence-corrected chi connectivity index (χ2v) is 5.50. The Labute approximate surface area is 109 Å². The summed E-state index contributed by atoms with van der Waals surface area (Å²) < 4.78 is 1.94. The van der Waals surface area contributed by atoms with Crippen LogP contribution in [0.3, 0.4) is 0 Å². The molecule has 0 saturated carbocycles. The zero-order valence-electron chi connectivity index (χ0n) is 7.52. The van der Waals surface area contributed by atoms with E-state index in [-0.39, 0.29) is 0 Å². The minimum Gasteiger partial charge on any atom is -0.230 e. The van der Waals surface area contributed by atoms with Crippen LogP contribution in [0.5, 0.6) is 0 Å². The van der Waals surface area contributed by atoms with Gasteiger partial charge in [-0.2, -0.15) is 0 Å². The first-order valence-electron chi connectivity index (χ1n) is 4.15. The zero-order chi connectivity index (χ0) is 10.7. The van der Waals surface area contributed by atoms with Gasteiger partial charge in [0.2, 0.25) is 0 Å². The molecule has 0 atom stereocenters. The van der Waals surface area contributed by atoms with Crippen LogP contribution in [0.1, 0.15) is 0 Å². The van der Waals surface area contributed by atoms with Crippen molar-refractivity contribution < 1.29 is 0 Å². The minimum atomic E-state index is 0.741. The number of rotatable bonds is 2. The van der Waals surface area contributed by atoms with Gasteiger partial charge >= 0.3 is 0 Å². The molecule has 0 amide bonds. The van der Waals surface area contributed by atoms with Crippen LogP contribution in [-0.2, 0) is 0 Å². The van der Waals surface area contributed by atoms with Crippen LogP contribution < -0.4 is 0 Å². The van der Waals surface area contributed by atoms with Crippen molar-refractivity contribution in [2.24, 2.45) is 0 Å². The van der Waals surface area contributed by atoms with E-state index in [0.29, 0.717) is 0 Å². The maximum atomic E-state index is 4.20. The zero-order valence-corrected chi connectivity index (χ0v) is 11.5. The average Bonchev–Trinajstić information content (AvgIpc) is 2.25. The van der Waals surface area contributed by atoms with Gasteiger partial charge in [0.25, 0.3) is 0 Å². The monoisotopic (exact) mass is 344 g/mol. The first-order chi connectivity index (χ1) is 7.25. The first kappa shape index (κ1) is 11.1. The lowest BCUT2D eigenvalue weighted by Gasteiger charge is -2.01. The summed E-state index contributed by atoms with van der Waals surface area (Å²) in [5.41, 5.74) is 0. The summed E-state index contributed by atoms with van der Waals surface area (Å²) in [7, 11) is 0. The number of hydrogen-bond donors (Lipinski definition) is 0. The van der Waals surface area contributed by atoms with Gasteiger partial charge in [-0.1, -0.05) is 12.1 Å². The molecule has 76 valence electrons. The molecule has 2 rings (SSSR count). The van der Waals surface area contributed by atoms with Crippen LogP contribution in [0, 0.1) is 0 Å². The molecule has 0 N–H and O–H groups in total. The normalized spacial score (nSPS) is 10.3. The van der Waals surface area contributed by atoms with Gasteiger partial charge in [0.1, 0.15) is 0 Å². The van der Waals surface area contributed by atoms with Gasteiger partial charge in [-0.3, -0.25) is 0 Å². The van der Waals surface area contributed by atoms with E-state index in [1.165, 1.54) is 11.8 Å². The number of nitrogens with zero attached hydrogens (tertiary/aromatic N) is 2. The first-order valence-corrected chi connectivity index (χ1v) is 6.56. The van der Waals surface area contributed by atoms with E-state index in [1.54, 1.807) is 12.4 Å². The molecule has 0 saturated heterocycles. The highest BCUT2D eigenvalue weighted by Crippen LogP contribution is 2.30. The van der Waals surface area contributed by atoms with Gasteiger partial charge in [-0.25, -0.2) is 9.97 Å². The maximum absolute atomic E-state index is 4.20. The topological polar surface area (TPSA) is 25.8 Å². The molecule has 0 bridgehead atoms. The predicted octanol–water partition coefficient (Wildman–Crippen LogP) is 4.15. The molecule has 0 unspecified atom stereocenters. The third-order valence-electron chi connectivity index (χ3n) is 1.63. The Morgan fingerprint density at radius 2 is 1.67 bits per heavy atom. The van der Waals surface area contributed by atoms with E-state index < -0.39 is 0 Å². The van der Waals surface area contributed by atoms with E-state index in [0.717, 1.165) is 19.0 Å². The summed E-state index contributed by atoms with van der Waals surface area (Å²) in [5.74, 6) is 0. The second-order valence-electron chi connectivity index (χ2n) is 2.72. The molecule has 0 spiro atoms. The maximum Gasteiger partial charge on any atom is 0.192 e. The number of halogens is 2. The van der Waals surface area contributed by atoms with E-state index in [2.05, 4.69) is 41.8 Å². The van der Waals surface area contributed by atoms with Crippen LogP contribution in [0.2, 0.25) is 0 Å². The van der Waals surface area contributed by atoms with Gasteiger partial charge in [0.05, 0.1) is 4.47 Å². The van der Waals surface area contributed by atoms with Crippen LogP contribution in [-0.4, -0.2) is 9.97 Å². The Morgan fingerprint density at radius 1 is 1.00 bits per heavy atom. The van der Waals surface area contributed by atoms with Crippen molar-refractivity contribution in [3.05, 3.63) is 45.6 Å². The van der Waals surface area contributed by atoms with Crippen molar-refractivity contribution in [2.45, 2.75) is 10.1 Å². The number of hydrogen-bond acceptors (Lipinski definition) is 3. The lowest BCUT2D eigenvalue weighted by Crippen LogP contribution is -1.84. The van der Waals surface area contributed by atoms with E-state index in [9.17, 15) is 0 Å². The average molecular weight is 346 g/mol. The van der Waals surface area contributed by atoms with Crippen molar-refractivity contribution >= 4 is 43.6 Å². The minimum absolute atomic E-state index is 0.741. The summed E-state index contributed by atoms with van der Waals surface area (Å²) in [5, 5.41) is 0.741. The quantitative estimate of drug-likeness (QED) is 0.764. The van der Waals surface area contributed by atoms with E-state index in [1.807, 2.05) is 24.3 Å². The Kier molecular flexibility index (Phi) is 3.77. The van der Waals surface area contributed by atoms with Gasteiger partial charge in [0, 0.05) is 21.8 Å². The van der Waals surface area contributed by atoms with Gasteiger partial charge in [-0.15, -0.1) is 0 Å². The molecule has 5 heteroatoms. The van der Waals surface area contributed by atoms with Crippen LogP contribution >= 0.6 is 43.6 Å². The Hall–Kier alpha value is -0.390. The van der Waals surface area contributed by atoms with E-state index in [4.69, 9.17) is 0 Å². The molecular formula is C10H6Br2N2S. The standard InChI is InChI=1S/C10H6Br2N2S/c11-7-5-13-10(14-6-7)15-9-4-2-1-3-8(9)12/h1-6H. The highest BCUT2D eigenvalue weighted by atomic mass is 79.9. The molecule has 1 aromatic heterocycles. The highest BCUT2D eigenvalue weighted by Gasteiger charge is 2.03. The van der Waals surface area contributed by atoms with Crippen molar-refractivity contribution in [1.29, 1.82) is 0 Å². The fourth-order valence-corrected chi connectivity index (χ4v) is 2.43. The summed E-state index contributed by atoms with van der Waals surface area (Å²) in [6, 6.07) is 8.00. The molecule has 0 fully saturated rings. The third-order valence-corrected chi connectivity index (χ3v) is 3.97. The summed E-state index contributed by atoms with van der Waals surface area (Å²) in [6.07, 6.45) is 3.48. The van der Waals surface area contributed by atoms with Gasteiger partial charge < -0.3 is 0 Å². The van der Waals surface area contributed by atoms with Crippen molar-refractivity contribution in [2.75, 3.05) is 0 Å². The van der Waals surface area contributed by atoms with Crippen LogP contribution in [0.15, 0.2) is 55.7 Å². The van der Waals surface area contributed by atoms with Crippen molar-refractivity contribution in [1.82, 2.24) is 9.97 Å². The lowest BCUT2D eigenvalue weighted by molar-refractivity contribution is 0.957. The van der Waals surface area contributed by atoms with Gasteiger partial charge in [-0.05, 0) is 55.8 Å². The van der Waals surface area contributed by atoms with Crippen LogP contribution in [0.4, 0.5) is 0 Å². The van der Waals surface area contributed by atoms with Crippen molar-refractivity contribution in [3.63, 3.8) is 0 Å². The molecule has 15 heavy (non-hydrogen) atoms. The number of aromatic nitrogens is 2. The molecule has 0 aliphatic carbocycles. The largest absolute Gasteiger partial charge is 0.230 e. The van der Waals surface area contributed by atoms with Crippen LogP contribution in [0.25, 0.3) is 0 Å². The SMILES string of the molecule is Brc1cnc(Sc2ccccc2Br)nc1. The molecule has 1 heterocycles. The third kappa shape index (κ3) is 3.03.